The Bertz CT molecular complexity index is 765. The number of carbonyl (C=O) groups excluding carboxylic acids is 5. The van der Waals surface area contributed by atoms with Crippen LogP contribution < -0.4 is 0 Å². The van der Waals surface area contributed by atoms with Crippen LogP contribution in [-0.4, -0.2) is 96.5 Å². The van der Waals surface area contributed by atoms with Gasteiger partial charge in [0.2, 0.25) is 5.91 Å². The number of nitroso groups, excluding NO2 is 1. The SMILES string of the molecule is CO[C@H]1O[C@H](COC(C)=O)[C@@H](OC(C)=O)[C@H](OC(C)=O)[C@H]1N(C(C)=O)C(=O)N(CCCl)N=O. The summed E-state index contributed by atoms with van der Waals surface area (Å²) in [6, 6.07) is -2.73. The first-order valence-electron chi connectivity index (χ1n) is 9.65. The van der Waals surface area contributed by atoms with E-state index in [4.69, 9.17) is 35.3 Å². The molecule has 15 heteroatoms. The van der Waals surface area contributed by atoms with Crippen molar-refractivity contribution in [1.82, 2.24) is 9.91 Å². The Morgan fingerprint density at radius 1 is 0.970 bits per heavy atom. The first-order chi connectivity index (χ1) is 15.5. The van der Waals surface area contributed by atoms with Crippen molar-refractivity contribution in [2.45, 2.75) is 58.3 Å². The second-order valence-corrected chi connectivity index (χ2v) is 7.16. The lowest BCUT2D eigenvalue weighted by Gasteiger charge is -2.47. The molecule has 0 aliphatic carbocycles. The van der Waals surface area contributed by atoms with Crippen molar-refractivity contribution < 1.29 is 47.7 Å². The van der Waals surface area contributed by atoms with Crippen LogP contribution in [0.1, 0.15) is 27.7 Å². The van der Waals surface area contributed by atoms with Gasteiger partial charge in [0.25, 0.3) is 0 Å². The van der Waals surface area contributed by atoms with Crippen LogP contribution in [0.5, 0.6) is 0 Å². The number of ether oxygens (including phenoxy) is 5. The van der Waals surface area contributed by atoms with Crippen LogP contribution >= 0.6 is 11.6 Å². The average molecular weight is 496 g/mol. The minimum Gasteiger partial charge on any atom is -0.463 e. The zero-order valence-electron chi connectivity index (χ0n) is 18.7. The lowest BCUT2D eigenvalue weighted by atomic mass is 9.94. The number of carbonyl (C=O) groups is 5. The first-order valence-corrected chi connectivity index (χ1v) is 10.2. The Balaban J connectivity index is 3.58. The lowest BCUT2D eigenvalue weighted by Crippen LogP contribution is -2.69. The van der Waals surface area contributed by atoms with Crippen LogP contribution in [0, 0.1) is 4.91 Å². The van der Waals surface area contributed by atoms with Crippen molar-refractivity contribution in [1.29, 1.82) is 0 Å². The zero-order chi connectivity index (χ0) is 25.3. The Hall–Kier alpha value is -2.84. The molecule has 0 N–H and O–H groups in total. The molecule has 0 bridgehead atoms. The van der Waals surface area contributed by atoms with Crippen molar-refractivity contribution in [2.24, 2.45) is 5.29 Å². The molecule has 1 saturated heterocycles. The summed E-state index contributed by atoms with van der Waals surface area (Å²) >= 11 is 5.59. The maximum atomic E-state index is 13.0. The monoisotopic (exact) mass is 495 g/mol. The molecule has 1 heterocycles. The number of imide groups is 1. The van der Waals surface area contributed by atoms with E-state index >= 15 is 0 Å². The lowest BCUT2D eigenvalue weighted by molar-refractivity contribution is -0.281. The van der Waals surface area contributed by atoms with Crippen LogP contribution in [-0.2, 0) is 42.9 Å². The number of esters is 3. The maximum Gasteiger partial charge on any atom is 0.350 e. The number of rotatable bonds is 9. The summed E-state index contributed by atoms with van der Waals surface area (Å²) in [5.74, 6) is -3.41. The average Bonchev–Trinajstić information content (AvgIpc) is 2.72. The molecule has 1 rings (SSSR count). The number of nitrogens with zero attached hydrogens (tertiary/aromatic N) is 3. The molecule has 0 aromatic rings. The fraction of sp³-hybridized carbons (Fsp3) is 0.722. The fourth-order valence-corrected chi connectivity index (χ4v) is 3.36. The second kappa shape index (κ2) is 13.0. The van der Waals surface area contributed by atoms with Gasteiger partial charge < -0.3 is 23.7 Å². The third kappa shape index (κ3) is 7.61. The molecule has 186 valence electrons. The van der Waals surface area contributed by atoms with E-state index < -0.39 is 67.1 Å². The van der Waals surface area contributed by atoms with E-state index in [-0.39, 0.29) is 12.4 Å². The smallest absolute Gasteiger partial charge is 0.350 e. The molecule has 0 spiro atoms. The van der Waals surface area contributed by atoms with Gasteiger partial charge in [0.15, 0.2) is 18.5 Å². The van der Waals surface area contributed by atoms with Gasteiger partial charge >= 0.3 is 23.9 Å². The van der Waals surface area contributed by atoms with Gasteiger partial charge in [-0.1, -0.05) is 0 Å². The first kappa shape index (κ1) is 28.2. The van der Waals surface area contributed by atoms with E-state index in [2.05, 4.69) is 5.29 Å². The summed E-state index contributed by atoms with van der Waals surface area (Å²) in [6.45, 7) is 3.49. The van der Waals surface area contributed by atoms with E-state index in [1.165, 1.54) is 7.11 Å². The summed E-state index contributed by atoms with van der Waals surface area (Å²) in [6.07, 6.45) is -5.60. The van der Waals surface area contributed by atoms with Gasteiger partial charge in [-0.15, -0.1) is 16.5 Å². The topological polar surface area (TPSA) is 167 Å². The molecule has 0 aromatic carbocycles. The highest BCUT2D eigenvalue weighted by Gasteiger charge is 2.55. The molecule has 1 fully saturated rings. The predicted molar refractivity (Wildman–Crippen MR) is 108 cm³/mol. The Morgan fingerprint density at radius 3 is 1.97 bits per heavy atom. The number of hydrogen-bond donors (Lipinski definition) is 0. The molecule has 0 aromatic heterocycles. The Labute approximate surface area is 194 Å². The van der Waals surface area contributed by atoms with Gasteiger partial charge in [0, 0.05) is 40.7 Å². The van der Waals surface area contributed by atoms with E-state index in [0.717, 1.165) is 27.7 Å². The molecule has 1 aliphatic heterocycles. The molecule has 1 aliphatic rings. The maximum absolute atomic E-state index is 13.0. The normalized spacial score (nSPS) is 24.2. The number of alkyl halides is 1. The van der Waals surface area contributed by atoms with Crippen molar-refractivity contribution in [3.63, 3.8) is 0 Å². The highest BCUT2D eigenvalue weighted by atomic mass is 35.5. The molecule has 33 heavy (non-hydrogen) atoms. The highest BCUT2D eigenvalue weighted by molar-refractivity contribution is 6.18. The number of amides is 3. The number of hydrogen-bond acceptors (Lipinski definition) is 12. The Morgan fingerprint density at radius 2 is 1.55 bits per heavy atom. The molecular weight excluding hydrogens is 470 g/mol. The van der Waals surface area contributed by atoms with E-state index in [0.29, 0.717) is 9.91 Å². The van der Waals surface area contributed by atoms with Crippen LogP contribution in [0.3, 0.4) is 0 Å². The molecule has 3 amide bonds. The zero-order valence-corrected chi connectivity index (χ0v) is 19.5. The summed E-state index contributed by atoms with van der Waals surface area (Å²) < 4.78 is 26.5. The largest absolute Gasteiger partial charge is 0.463 e. The molecule has 5 atom stereocenters. The fourth-order valence-electron chi connectivity index (χ4n) is 3.20. The van der Waals surface area contributed by atoms with Crippen LogP contribution in [0.2, 0.25) is 0 Å². The van der Waals surface area contributed by atoms with Gasteiger partial charge in [-0.25, -0.2) is 4.79 Å². The van der Waals surface area contributed by atoms with Gasteiger partial charge in [0.05, 0.1) is 11.8 Å². The van der Waals surface area contributed by atoms with Gasteiger partial charge in [0.1, 0.15) is 18.8 Å². The number of halogens is 1. The third-order valence-electron chi connectivity index (χ3n) is 4.36. The van der Waals surface area contributed by atoms with Crippen LogP contribution in [0.4, 0.5) is 4.79 Å². The molecule has 0 saturated carbocycles. The highest BCUT2D eigenvalue weighted by Crippen LogP contribution is 2.31. The predicted octanol–water partition coefficient (Wildman–Crippen LogP) is 0.344. The van der Waals surface area contributed by atoms with Crippen molar-refractivity contribution in [2.75, 3.05) is 26.1 Å². The van der Waals surface area contributed by atoms with E-state index in [9.17, 15) is 28.9 Å². The standard InChI is InChI=1S/C18H26ClN3O11/c1-9(23)22(18(27)21(20-28)7-6-19)14-16(32-12(4)26)15(31-11(3)25)13(8-30-10(2)24)33-17(14)29-5/h13-17H,6-8H2,1-5H3/t13-,14-,15-,16-,17+/m1/s1. The minimum atomic E-state index is -1.53. The summed E-state index contributed by atoms with van der Waals surface area (Å²) in [5.41, 5.74) is 0. The summed E-state index contributed by atoms with van der Waals surface area (Å²) in [7, 11) is 1.18. The van der Waals surface area contributed by atoms with Gasteiger partial charge in [-0.3, -0.25) is 24.1 Å². The van der Waals surface area contributed by atoms with E-state index in [1.54, 1.807) is 0 Å². The summed E-state index contributed by atoms with van der Waals surface area (Å²) in [5, 5.41) is 2.95. The molecule has 0 radical (unpaired) electrons. The van der Waals surface area contributed by atoms with E-state index in [1.807, 2.05) is 0 Å². The molecule has 0 unspecified atom stereocenters. The van der Waals surface area contributed by atoms with Gasteiger partial charge in [-0.05, 0) is 0 Å². The molecule has 14 nitrogen and oxygen atoms in total. The minimum absolute atomic E-state index is 0.175. The number of urea groups is 1. The second-order valence-electron chi connectivity index (χ2n) is 6.79. The molecular formula is C18H26ClN3O11. The van der Waals surface area contributed by atoms with Crippen LogP contribution in [0.25, 0.3) is 0 Å². The van der Waals surface area contributed by atoms with Crippen molar-refractivity contribution in [3.05, 3.63) is 4.91 Å². The van der Waals surface area contributed by atoms with Crippen molar-refractivity contribution >= 4 is 41.4 Å². The quantitative estimate of drug-likeness (QED) is 0.142. The number of methoxy groups -OCH3 is 1. The summed E-state index contributed by atoms with van der Waals surface area (Å²) in [4.78, 5) is 72.1. The van der Waals surface area contributed by atoms with Crippen LogP contribution in [0.15, 0.2) is 5.29 Å². The Kier molecular flexibility index (Phi) is 11.1. The van der Waals surface area contributed by atoms with Gasteiger partial charge in [-0.2, -0.15) is 5.01 Å². The third-order valence-corrected chi connectivity index (χ3v) is 4.53. The van der Waals surface area contributed by atoms with Crippen molar-refractivity contribution in [3.8, 4) is 0 Å².